The maximum atomic E-state index is 12.8. The van der Waals surface area contributed by atoms with Gasteiger partial charge in [0.15, 0.2) is 5.82 Å². The Morgan fingerprint density at radius 1 is 0.946 bits per heavy atom. The van der Waals surface area contributed by atoms with Crippen molar-refractivity contribution in [2.45, 2.75) is 69.9 Å². The highest BCUT2D eigenvalue weighted by Crippen LogP contribution is 2.40. The number of aromatic nitrogens is 2. The summed E-state index contributed by atoms with van der Waals surface area (Å²) in [7, 11) is 0. The molecule has 2 aliphatic carbocycles. The predicted octanol–water partition coefficient (Wildman–Crippen LogP) is 5.17. The molecule has 1 aromatic heterocycles. The fourth-order valence-corrected chi connectivity index (χ4v) is 5.56. The Hall–Kier alpha value is -3.58. The Kier molecular flexibility index (Phi) is 7.33. The second-order valence-corrected chi connectivity index (χ2v) is 10.6. The Morgan fingerprint density at radius 2 is 1.65 bits per heavy atom. The van der Waals surface area contributed by atoms with Gasteiger partial charge in [0.25, 0.3) is 0 Å². The lowest BCUT2D eigenvalue weighted by atomic mass is 9.72. The second-order valence-electron chi connectivity index (χ2n) is 10.6. The monoisotopic (exact) mass is 497 g/mol. The molecule has 2 aliphatic rings. The fraction of sp³-hybridized carbons (Fsp3) is 0.400. The highest BCUT2D eigenvalue weighted by Gasteiger charge is 2.34. The van der Waals surface area contributed by atoms with E-state index >= 15 is 0 Å². The molecule has 0 bridgehead atoms. The molecular formula is C30H35N5O2. The van der Waals surface area contributed by atoms with Crippen LogP contribution in [-0.4, -0.2) is 28.1 Å². The van der Waals surface area contributed by atoms with Crippen molar-refractivity contribution < 1.29 is 9.59 Å². The van der Waals surface area contributed by atoms with Crippen LogP contribution in [0.1, 0.15) is 63.9 Å². The van der Waals surface area contributed by atoms with Crippen molar-refractivity contribution in [2.75, 3.05) is 5.32 Å². The molecular weight excluding hydrogens is 462 g/mol. The molecule has 2 amide bonds. The topological polar surface area (TPSA) is 110 Å². The lowest BCUT2D eigenvalue weighted by molar-refractivity contribution is -0.120. The largest absolute Gasteiger partial charge is 0.354 e. The summed E-state index contributed by atoms with van der Waals surface area (Å²) < 4.78 is 0. The maximum absolute atomic E-state index is 12.8. The molecule has 1 heterocycles. The summed E-state index contributed by atoms with van der Waals surface area (Å²) in [6.45, 7) is 1.55. The first-order valence-electron chi connectivity index (χ1n) is 13.3. The number of anilines is 1. The van der Waals surface area contributed by atoms with E-state index in [1.807, 2.05) is 36.4 Å². The van der Waals surface area contributed by atoms with Crippen molar-refractivity contribution >= 4 is 17.6 Å². The molecule has 2 saturated carbocycles. The van der Waals surface area contributed by atoms with Gasteiger partial charge in [0.05, 0.1) is 0 Å². The van der Waals surface area contributed by atoms with Crippen LogP contribution >= 0.6 is 0 Å². The lowest BCUT2D eigenvalue weighted by Crippen LogP contribution is -2.43. The summed E-state index contributed by atoms with van der Waals surface area (Å²) in [5.41, 5.74) is 11.1. The first kappa shape index (κ1) is 25.1. The summed E-state index contributed by atoms with van der Waals surface area (Å²) in [6.07, 6.45) is 7.34. The van der Waals surface area contributed by atoms with Gasteiger partial charge in [0, 0.05) is 36.1 Å². The number of benzene rings is 2. The van der Waals surface area contributed by atoms with Gasteiger partial charge < -0.3 is 16.4 Å². The van der Waals surface area contributed by atoms with Gasteiger partial charge in [-0.25, -0.2) is 0 Å². The third kappa shape index (κ3) is 5.88. The van der Waals surface area contributed by atoms with Crippen LogP contribution in [0.2, 0.25) is 0 Å². The molecule has 2 aromatic carbocycles. The number of nitrogens with two attached hydrogens (primary N) is 1. The number of rotatable bonds is 7. The van der Waals surface area contributed by atoms with Gasteiger partial charge in [-0.2, -0.15) is 0 Å². The molecule has 5 rings (SSSR count). The number of hydrogen-bond donors (Lipinski definition) is 3. The van der Waals surface area contributed by atoms with Gasteiger partial charge in [-0.15, -0.1) is 10.2 Å². The molecule has 0 radical (unpaired) electrons. The lowest BCUT2D eigenvalue weighted by Gasteiger charge is -2.38. The molecule has 0 unspecified atom stereocenters. The van der Waals surface area contributed by atoms with E-state index in [9.17, 15) is 9.59 Å². The van der Waals surface area contributed by atoms with Crippen LogP contribution in [0.25, 0.3) is 22.4 Å². The number of carbonyl (C=O) groups excluding carboxylic acids is 2. The summed E-state index contributed by atoms with van der Waals surface area (Å²) in [5, 5.41) is 14.9. The molecule has 0 spiro atoms. The SMILES string of the molecule is CC(=O)NC1CCC(CC(=O)Nc2cc(-c3ccccc3)c(-c3ccc(C4(N)CCC4)cc3)nn2)CC1. The van der Waals surface area contributed by atoms with Gasteiger partial charge in [-0.3, -0.25) is 9.59 Å². The van der Waals surface area contributed by atoms with Crippen LogP contribution in [0.15, 0.2) is 60.7 Å². The minimum absolute atomic E-state index is 0.00929. The Balaban J connectivity index is 1.31. The molecule has 4 N–H and O–H groups in total. The molecule has 7 heteroatoms. The molecule has 7 nitrogen and oxygen atoms in total. The number of hydrogen-bond acceptors (Lipinski definition) is 5. The van der Waals surface area contributed by atoms with E-state index in [1.165, 1.54) is 6.42 Å². The second kappa shape index (κ2) is 10.8. The zero-order chi connectivity index (χ0) is 25.8. The third-order valence-corrected chi connectivity index (χ3v) is 7.85. The molecule has 192 valence electrons. The zero-order valence-corrected chi connectivity index (χ0v) is 21.4. The molecule has 0 aliphatic heterocycles. The van der Waals surface area contributed by atoms with Gasteiger partial charge in [0.1, 0.15) is 5.69 Å². The van der Waals surface area contributed by atoms with Crippen molar-refractivity contribution in [2.24, 2.45) is 11.7 Å². The number of nitrogens with one attached hydrogen (secondary N) is 2. The average molecular weight is 498 g/mol. The number of amides is 2. The number of nitrogens with zero attached hydrogens (tertiary/aromatic N) is 2. The van der Waals surface area contributed by atoms with Crippen molar-refractivity contribution in [1.82, 2.24) is 15.5 Å². The normalized spacial score (nSPS) is 20.5. The van der Waals surface area contributed by atoms with E-state index in [4.69, 9.17) is 5.73 Å². The van der Waals surface area contributed by atoms with Crippen LogP contribution < -0.4 is 16.4 Å². The van der Waals surface area contributed by atoms with Gasteiger partial charge in [-0.05, 0) is 68.1 Å². The Labute approximate surface area is 218 Å². The van der Waals surface area contributed by atoms with Crippen LogP contribution in [0.4, 0.5) is 5.82 Å². The maximum Gasteiger partial charge on any atom is 0.225 e. The van der Waals surface area contributed by atoms with Crippen LogP contribution in [0.3, 0.4) is 0 Å². The zero-order valence-electron chi connectivity index (χ0n) is 21.4. The predicted molar refractivity (Wildman–Crippen MR) is 145 cm³/mol. The van der Waals surface area contributed by atoms with Crippen molar-refractivity contribution in [3.8, 4) is 22.4 Å². The van der Waals surface area contributed by atoms with Crippen molar-refractivity contribution in [3.63, 3.8) is 0 Å². The van der Waals surface area contributed by atoms with Crippen LogP contribution in [0.5, 0.6) is 0 Å². The van der Waals surface area contributed by atoms with Crippen molar-refractivity contribution in [3.05, 3.63) is 66.2 Å². The smallest absolute Gasteiger partial charge is 0.225 e. The molecule has 0 saturated heterocycles. The summed E-state index contributed by atoms with van der Waals surface area (Å²) in [5.74, 6) is 0.717. The summed E-state index contributed by atoms with van der Waals surface area (Å²) in [4.78, 5) is 24.1. The highest BCUT2D eigenvalue weighted by molar-refractivity contribution is 5.91. The van der Waals surface area contributed by atoms with Crippen molar-refractivity contribution in [1.29, 1.82) is 0 Å². The molecule has 0 atom stereocenters. The number of carbonyl (C=O) groups is 2. The first-order valence-corrected chi connectivity index (χ1v) is 13.3. The standard InChI is InChI=1S/C30H35N5O2/c1-20(36)32-25-14-8-21(9-15-25)18-28(37)33-27-19-26(22-6-3-2-4-7-22)29(35-34-27)23-10-12-24(13-11-23)30(31)16-5-17-30/h2-4,6-7,10-13,19,21,25H,5,8-9,14-18,31H2,1H3,(H,32,36)(H,33,34,37). The fourth-order valence-electron chi connectivity index (χ4n) is 5.56. The minimum Gasteiger partial charge on any atom is -0.354 e. The molecule has 37 heavy (non-hydrogen) atoms. The third-order valence-electron chi connectivity index (χ3n) is 7.85. The summed E-state index contributed by atoms with van der Waals surface area (Å²) >= 11 is 0. The van der Waals surface area contributed by atoms with Gasteiger partial charge >= 0.3 is 0 Å². The Morgan fingerprint density at radius 3 is 2.27 bits per heavy atom. The molecule has 3 aromatic rings. The minimum atomic E-state index is -0.205. The Bertz CT molecular complexity index is 1250. The van der Waals surface area contributed by atoms with Gasteiger partial charge in [0.2, 0.25) is 11.8 Å². The van der Waals surface area contributed by atoms with E-state index in [2.05, 4.69) is 45.1 Å². The van der Waals surface area contributed by atoms with Crippen LogP contribution in [0, 0.1) is 5.92 Å². The quantitative estimate of drug-likeness (QED) is 0.417. The highest BCUT2D eigenvalue weighted by atomic mass is 16.2. The summed E-state index contributed by atoms with van der Waals surface area (Å²) in [6, 6.07) is 20.5. The van der Waals surface area contributed by atoms with E-state index < -0.39 is 0 Å². The van der Waals surface area contributed by atoms with Crippen LogP contribution in [-0.2, 0) is 15.1 Å². The molecule has 2 fully saturated rings. The van der Waals surface area contributed by atoms with Gasteiger partial charge in [-0.1, -0.05) is 54.6 Å². The van der Waals surface area contributed by atoms with E-state index in [0.717, 1.165) is 66.5 Å². The first-order chi connectivity index (χ1) is 17.9. The average Bonchev–Trinajstić information content (AvgIpc) is 2.89. The van der Waals surface area contributed by atoms with E-state index in [1.54, 1.807) is 6.92 Å². The van der Waals surface area contributed by atoms with E-state index in [-0.39, 0.29) is 23.4 Å². The van der Waals surface area contributed by atoms with E-state index in [0.29, 0.717) is 18.2 Å².